The summed E-state index contributed by atoms with van der Waals surface area (Å²) in [5.74, 6) is 0.264. The molecule has 30 heavy (non-hydrogen) atoms. The zero-order chi connectivity index (χ0) is 21.5. The number of rotatable bonds is 3. The summed E-state index contributed by atoms with van der Waals surface area (Å²) in [7, 11) is 0. The number of carbonyl (C=O) groups excluding carboxylic acids is 1. The summed E-state index contributed by atoms with van der Waals surface area (Å²) >= 11 is 6.33. The van der Waals surface area contributed by atoms with Gasteiger partial charge in [0.05, 0.1) is 10.7 Å². The summed E-state index contributed by atoms with van der Waals surface area (Å²) < 4.78 is 5.87. The van der Waals surface area contributed by atoms with Gasteiger partial charge in [-0.25, -0.2) is 4.98 Å². The number of nitrogens with zero attached hydrogens (tertiary/aromatic N) is 1. The second kappa shape index (κ2) is 7.62. The van der Waals surface area contributed by atoms with Crippen LogP contribution in [0.4, 0.5) is 5.69 Å². The van der Waals surface area contributed by atoms with E-state index in [1.807, 2.05) is 55.5 Å². The molecule has 1 amide bonds. The van der Waals surface area contributed by atoms with Gasteiger partial charge in [-0.05, 0) is 65.9 Å². The molecule has 1 N–H and O–H groups in total. The SMILES string of the molecule is Cc1ccc2oc(-c3ccc(Cl)c(NC(=O)c4ccc(C(C)(C)C)cc4)c3)nc2c1. The van der Waals surface area contributed by atoms with E-state index in [4.69, 9.17) is 16.0 Å². The highest BCUT2D eigenvalue weighted by Crippen LogP contribution is 2.31. The van der Waals surface area contributed by atoms with Crippen LogP contribution in [0.15, 0.2) is 65.1 Å². The number of aryl methyl sites for hydroxylation is 1. The number of anilines is 1. The van der Waals surface area contributed by atoms with Crippen LogP contribution >= 0.6 is 11.6 Å². The van der Waals surface area contributed by atoms with E-state index in [1.54, 1.807) is 12.1 Å². The fraction of sp³-hybridized carbons (Fsp3) is 0.200. The van der Waals surface area contributed by atoms with Gasteiger partial charge in [0, 0.05) is 11.1 Å². The molecule has 0 radical (unpaired) electrons. The lowest BCUT2D eigenvalue weighted by atomic mass is 9.87. The Kier molecular flexibility index (Phi) is 5.12. The summed E-state index contributed by atoms with van der Waals surface area (Å²) in [5.41, 5.74) is 5.66. The second-order valence-electron chi connectivity index (χ2n) is 8.47. The zero-order valence-electron chi connectivity index (χ0n) is 17.4. The highest BCUT2D eigenvalue weighted by Gasteiger charge is 2.16. The summed E-state index contributed by atoms with van der Waals surface area (Å²) in [6, 6.07) is 18.8. The molecule has 0 aliphatic rings. The first-order valence-electron chi connectivity index (χ1n) is 9.80. The lowest BCUT2D eigenvalue weighted by Gasteiger charge is -2.19. The molecule has 0 spiro atoms. The molecule has 0 bridgehead atoms. The Morgan fingerprint density at radius 2 is 1.73 bits per heavy atom. The third-order valence-corrected chi connectivity index (χ3v) is 5.35. The van der Waals surface area contributed by atoms with Crippen LogP contribution in [0.2, 0.25) is 5.02 Å². The van der Waals surface area contributed by atoms with Crippen LogP contribution in [-0.2, 0) is 5.41 Å². The highest BCUT2D eigenvalue weighted by atomic mass is 35.5. The molecule has 0 fully saturated rings. The smallest absolute Gasteiger partial charge is 0.255 e. The van der Waals surface area contributed by atoms with Crippen molar-refractivity contribution in [2.24, 2.45) is 0 Å². The van der Waals surface area contributed by atoms with E-state index in [0.717, 1.165) is 22.2 Å². The van der Waals surface area contributed by atoms with E-state index in [9.17, 15) is 4.79 Å². The lowest BCUT2D eigenvalue weighted by Crippen LogP contribution is -2.14. The summed E-state index contributed by atoms with van der Waals surface area (Å²) in [6.07, 6.45) is 0. The van der Waals surface area contributed by atoms with Crippen LogP contribution in [-0.4, -0.2) is 10.9 Å². The first-order valence-corrected chi connectivity index (χ1v) is 10.2. The van der Waals surface area contributed by atoms with Crippen molar-refractivity contribution in [2.45, 2.75) is 33.1 Å². The molecule has 0 aliphatic carbocycles. The Hall–Kier alpha value is -3.11. The molecule has 4 aromatic rings. The van der Waals surface area contributed by atoms with Crippen molar-refractivity contribution in [3.05, 3.63) is 82.4 Å². The molecule has 0 aliphatic heterocycles. The van der Waals surface area contributed by atoms with Crippen LogP contribution in [0, 0.1) is 6.92 Å². The van der Waals surface area contributed by atoms with Gasteiger partial charge in [-0.15, -0.1) is 0 Å². The number of nitrogens with one attached hydrogen (secondary N) is 1. The molecular weight excluding hydrogens is 396 g/mol. The van der Waals surface area contributed by atoms with E-state index in [0.29, 0.717) is 22.2 Å². The topological polar surface area (TPSA) is 55.1 Å². The molecule has 0 unspecified atom stereocenters. The maximum Gasteiger partial charge on any atom is 0.255 e. The molecule has 3 aromatic carbocycles. The van der Waals surface area contributed by atoms with E-state index in [-0.39, 0.29) is 11.3 Å². The number of fused-ring (bicyclic) bond motifs is 1. The molecule has 0 saturated carbocycles. The number of hydrogen-bond donors (Lipinski definition) is 1. The van der Waals surface area contributed by atoms with Crippen LogP contribution in [0.25, 0.3) is 22.6 Å². The average molecular weight is 419 g/mol. The highest BCUT2D eigenvalue weighted by molar-refractivity contribution is 6.34. The number of hydrogen-bond acceptors (Lipinski definition) is 3. The Labute approximate surface area is 180 Å². The second-order valence-corrected chi connectivity index (χ2v) is 8.87. The predicted octanol–water partition coefficient (Wildman–Crippen LogP) is 7.01. The predicted molar refractivity (Wildman–Crippen MR) is 122 cm³/mol. The molecule has 1 heterocycles. The average Bonchev–Trinajstić information content (AvgIpc) is 3.12. The van der Waals surface area contributed by atoms with Crippen molar-refractivity contribution in [1.82, 2.24) is 4.98 Å². The largest absolute Gasteiger partial charge is 0.436 e. The minimum Gasteiger partial charge on any atom is -0.436 e. The van der Waals surface area contributed by atoms with Crippen LogP contribution < -0.4 is 5.32 Å². The molecule has 1 aromatic heterocycles. The zero-order valence-corrected chi connectivity index (χ0v) is 18.2. The Bertz CT molecular complexity index is 1230. The summed E-state index contributed by atoms with van der Waals surface area (Å²) in [6.45, 7) is 8.43. The third kappa shape index (κ3) is 4.10. The maximum absolute atomic E-state index is 12.7. The standard InChI is InChI=1S/C25H23ClN2O2/c1-15-5-12-22-21(13-15)28-24(30-22)17-8-11-19(26)20(14-17)27-23(29)16-6-9-18(10-7-16)25(2,3)4/h5-14H,1-4H3,(H,27,29). The molecular formula is C25H23ClN2O2. The van der Waals surface area contributed by atoms with Gasteiger partial charge in [0.1, 0.15) is 5.52 Å². The molecule has 0 atom stereocenters. The van der Waals surface area contributed by atoms with Crippen LogP contribution in [0.3, 0.4) is 0 Å². The number of aromatic nitrogens is 1. The lowest BCUT2D eigenvalue weighted by molar-refractivity contribution is 0.102. The van der Waals surface area contributed by atoms with Crippen molar-refractivity contribution in [2.75, 3.05) is 5.32 Å². The van der Waals surface area contributed by atoms with Gasteiger partial charge in [0.2, 0.25) is 5.89 Å². The van der Waals surface area contributed by atoms with Gasteiger partial charge < -0.3 is 9.73 Å². The quantitative estimate of drug-likeness (QED) is 0.389. The van der Waals surface area contributed by atoms with Gasteiger partial charge in [-0.3, -0.25) is 4.79 Å². The van der Waals surface area contributed by atoms with Crippen LogP contribution in [0.1, 0.15) is 42.3 Å². The molecule has 4 nitrogen and oxygen atoms in total. The minimum absolute atomic E-state index is 0.0325. The summed E-state index contributed by atoms with van der Waals surface area (Å²) in [5, 5.41) is 3.35. The Morgan fingerprint density at radius 1 is 1.00 bits per heavy atom. The minimum atomic E-state index is -0.220. The molecule has 0 saturated heterocycles. The van der Waals surface area contributed by atoms with E-state index in [2.05, 4.69) is 31.1 Å². The number of carbonyl (C=O) groups is 1. The van der Waals surface area contributed by atoms with Crippen molar-refractivity contribution in [3.63, 3.8) is 0 Å². The Morgan fingerprint density at radius 3 is 2.43 bits per heavy atom. The fourth-order valence-corrected chi connectivity index (χ4v) is 3.40. The first kappa shape index (κ1) is 20.2. The maximum atomic E-state index is 12.7. The van der Waals surface area contributed by atoms with Crippen molar-refractivity contribution in [1.29, 1.82) is 0 Å². The van der Waals surface area contributed by atoms with Gasteiger partial charge in [-0.2, -0.15) is 0 Å². The van der Waals surface area contributed by atoms with E-state index < -0.39 is 0 Å². The first-order chi connectivity index (χ1) is 14.2. The van der Waals surface area contributed by atoms with E-state index >= 15 is 0 Å². The van der Waals surface area contributed by atoms with E-state index in [1.165, 1.54) is 5.56 Å². The summed E-state index contributed by atoms with van der Waals surface area (Å²) in [4.78, 5) is 17.3. The Balaban J connectivity index is 1.60. The number of halogens is 1. The molecule has 4 rings (SSSR count). The number of oxazole rings is 1. The molecule has 152 valence electrons. The van der Waals surface area contributed by atoms with Gasteiger partial charge in [0.25, 0.3) is 5.91 Å². The normalized spacial score (nSPS) is 11.6. The van der Waals surface area contributed by atoms with Gasteiger partial charge >= 0.3 is 0 Å². The van der Waals surface area contributed by atoms with Crippen molar-refractivity contribution in [3.8, 4) is 11.5 Å². The van der Waals surface area contributed by atoms with Crippen molar-refractivity contribution < 1.29 is 9.21 Å². The van der Waals surface area contributed by atoms with Gasteiger partial charge in [-0.1, -0.05) is 50.6 Å². The molecule has 5 heteroatoms. The third-order valence-electron chi connectivity index (χ3n) is 5.02. The van der Waals surface area contributed by atoms with Crippen LogP contribution in [0.5, 0.6) is 0 Å². The fourth-order valence-electron chi connectivity index (χ4n) is 3.23. The number of amides is 1. The number of benzene rings is 3. The van der Waals surface area contributed by atoms with Crippen molar-refractivity contribution >= 4 is 34.3 Å². The monoisotopic (exact) mass is 418 g/mol. The van der Waals surface area contributed by atoms with Gasteiger partial charge in [0.15, 0.2) is 5.58 Å².